The summed E-state index contributed by atoms with van der Waals surface area (Å²) in [7, 11) is 3.19. The molecule has 3 rings (SSSR count). The number of methoxy groups -OCH3 is 2. The van der Waals surface area contributed by atoms with Gasteiger partial charge in [-0.15, -0.1) is 0 Å². The van der Waals surface area contributed by atoms with E-state index >= 15 is 0 Å². The van der Waals surface area contributed by atoms with E-state index in [1.54, 1.807) is 32.4 Å². The zero-order valence-electron chi connectivity index (χ0n) is 13.8. The second-order valence-corrected chi connectivity index (χ2v) is 5.16. The van der Waals surface area contributed by atoms with E-state index in [1.165, 1.54) is 0 Å². The van der Waals surface area contributed by atoms with Crippen molar-refractivity contribution >= 4 is 11.0 Å². The van der Waals surface area contributed by atoms with Crippen molar-refractivity contribution in [2.24, 2.45) is 0 Å². The minimum atomic E-state index is 0.164. The zero-order chi connectivity index (χ0) is 17.1. The second-order valence-electron chi connectivity index (χ2n) is 5.16. The Hall–Kier alpha value is -2.95. The Balaban J connectivity index is 2.17. The van der Waals surface area contributed by atoms with Crippen LogP contribution in [-0.2, 0) is 0 Å². The fourth-order valence-corrected chi connectivity index (χ4v) is 2.55. The van der Waals surface area contributed by atoms with Crippen LogP contribution >= 0.6 is 0 Å². The molecule has 1 aromatic heterocycles. The van der Waals surface area contributed by atoms with Gasteiger partial charge in [0, 0.05) is 18.2 Å². The first kappa shape index (κ1) is 15.9. The van der Waals surface area contributed by atoms with Gasteiger partial charge in [0.1, 0.15) is 16.9 Å². The van der Waals surface area contributed by atoms with Crippen LogP contribution < -0.4 is 14.2 Å². The van der Waals surface area contributed by atoms with Gasteiger partial charge in [-0.2, -0.15) is 0 Å². The van der Waals surface area contributed by atoms with E-state index in [4.69, 9.17) is 18.6 Å². The summed E-state index contributed by atoms with van der Waals surface area (Å²) in [5.74, 6) is 2.72. The molecule has 0 atom stereocenters. The van der Waals surface area contributed by atoms with Crippen molar-refractivity contribution in [3.05, 3.63) is 42.5 Å². The molecule has 1 heterocycles. The van der Waals surface area contributed by atoms with Crippen molar-refractivity contribution in [1.82, 2.24) is 0 Å². The van der Waals surface area contributed by atoms with Gasteiger partial charge in [-0.05, 0) is 25.1 Å². The van der Waals surface area contributed by atoms with Crippen LogP contribution in [0.5, 0.6) is 23.0 Å². The molecule has 0 fully saturated rings. The lowest BCUT2D eigenvalue weighted by atomic mass is 10.1. The lowest BCUT2D eigenvalue weighted by molar-refractivity contribution is 0.342. The third-order valence-corrected chi connectivity index (χ3v) is 3.68. The zero-order valence-corrected chi connectivity index (χ0v) is 13.8. The Kier molecular flexibility index (Phi) is 4.42. The van der Waals surface area contributed by atoms with Gasteiger partial charge in [-0.1, -0.05) is 0 Å². The summed E-state index contributed by atoms with van der Waals surface area (Å²) in [5, 5.41) is 10.4. The van der Waals surface area contributed by atoms with Gasteiger partial charge in [0.05, 0.1) is 32.5 Å². The van der Waals surface area contributed by atoms with Gasteiger partial charge in [-0.25, -0.2) is 4.42 Å². The van der Waals surface area contributed by atoms with Gasteiger partial charge in [0.15, 0.2) is 11.5 Å². The van der Waals surface area contributed by atoms with E-state index in [9.17, 15) is 5.11 Å². The molecule has 0 spiro atoms. The number of hydrogen-bond acceptors (Lipinski definition) is 4. The topological polar surface area (TPSA) is 59.2 Å². The van der Waals surface area contributed by atoms with Crippen LogP contribution in [0.1, 0.15) is 6.92 Å². The summed E-state index contributed by atoms with van der Waals surface area (Å²) >= 11 is 0. The van der Waals surface area contributed by atoms with Crippen molar-refractivity contribution in [2.45, 2.75) is 6.92 Å². The Labute approximate surface area is 140 Å². The predicted octanol–water partition coefficient (Wildman–Crippen LogP) is 4.50. The molecule has 24 heavy (non-hydrogen) atoms. The summed E-state index contributed by atoms with van der Waals surface area (Å²) in [6, 6.07) is 12.3. The number of phenols is 1. The number of fused-ring (bicyclic) bond motifs is 1. The molecule has 0 aliphatic carbocycles. The first-order valence-corrected chi connectivity index (χ1v) is 7.61. The standard InChI is InChI=1S/C19H18O5/c1-4-23-18-11-17(24-15-8-6-13(20)10-14(15)18)12-5-7-16(21-2)19(9-12)22-3/h5-11H,4H2,1-3H3/p+1. The van der Waals surface area contributed by atoms with Gasteiger partial charge < -0.3 is 19.3 Å². The highest BCUT2D eigenvalue weighted by Crippen LogP contribution is 2.37. The molecular formula is C19H19O5+. The highest BCUT2D eigenvalue weighted by Gasteiger charge is 2.21. The van der Waals surface area contributed by atoms with E-state index in [-0.39, 0.29) is 5.75 Å². The number of rotatable bonds is 5. The van der Waals surface area contributed by atoms with Crippen LogP contribution in [0.2, 0.25) is 0 Å². The normalized spacial score (nSPS) is 10.6. The van der Waals surface area contributed by atoms with Crippen molar-refractivity contribution in [3.8, 4) is 34.3 Å². The molecule has 5 nitrogen and oxygen atoms in total. The number of benzene rings is 2. The fourth-order valence-electron chi connectivity index (χ4n) is 2.55. The Morgan fingerprint density at radius 1 is 0.917 bits per heavy atom. The van der Waals surface area contributed by atoms with Crippen molar-refractivity contribution in [2.75, 3.05) is 20.8 Å². The molecule has 5 heteroatoms. The minimum absolute atomic E-state index is 0.164. The minimum Gasteiger partial charge on any atom is -0.508 e. The summed E-state index contributed by atoms with van der Waals surface area (Å²) in [6.45, 7) is 2.43. The van der Waals surface area contributed by atoms with Crippen molar-refractivity contribution in [3.63, 3.8) is 0 Å². The average Bonchev–Trinajstić information content (AvgIpc) is 2.61. The lowest BCUT2D eigenvalue weighted by Gasteiger charge is -2.08. The van der Waals surface area contributed by atoms with E-state index < -0.39 is 0 Å². The molecule has 0 aliphatic heterocycles. The molecule has 3 aromatic rings. The molecule has 0 saturated heterocycles. The van der Waals surface area contributed by atoms with Crippen LogP contribution in [0.3, 0.4) is 0 Å². The van der Waals surface area contributed by atoms with Gasteiger partial charge in [-0.3, -0.25) is 0 Å². The number of hydrogen-bond donors (Lipinski definition) is 1. The third kappa shape index (κ3) is 2.93. The Bertz CT molecular complexity index is 873. The van der Waals surface area contributed by atoms with Gasteiger partial charge in [0.25, 0.3) is 0 Å². The summed E-state index contributed by atoms with van der Waals surface area (Å²) < 4.78 is 22.3. The van der Waals surface area contributed by atoms with Crippen molar-refractivity contribution < 1.29 is 23.7 Å². The summed E-state index contributed by atoms with van der Waals surface area (Å²) in [5.41, 5.74) is 1.46. The summed E-state index contributed by atoms with van der Waals surface area (Å²) in [4.78, 5) is 0. The van der Waals surface area contributed by atoms with E-state index in [2.05, 4.69) is 0 Å². The maximum absolute atomic E-state index is 9.71. The lowest BCUT2D eigenvalue weighted by Crippen LogP contribution is -1.94. The molecule has 0 saturated carbocycles. The number of ether oxygens (including phenoxy) is 3. The largest absolute Gasteiger partial charge is 0.508 e. The maximum Gasteiger partial charge on any atom is 0.364 e. The van der Waals surface area contributed by atoms with Crippen LogP contribution in [0, 0.1) is 0 Å². The van der Waals surface area contributed by atoms with Crippen LogP contribution in [-0.4, -0.2) is 25.9 Å². The van der Waals surface area contributed by atoms with Crippen molar-refractivity contribution in [1.29, 1.82) is 0 Å². The monoisotopic (exact) mass is 327 g/mol. The molecule has 124 valence electrons. The number of phenolic OH excluding ortho intramolecular Hbond substituents is 1. The maximum atomic E-state index is 9.71. The smallest absolute Gasteiger partial charge is 0.364 e. The molecule has 0 aliphatic rings. The molecule has 2 aromatic carbocycles. The third-order valence-electron chi connectivity index (χ3n) is 3.68. The molecular weight excluding hydrogens is 308 g/mol. The Morgan fingerprint density at radius 2 is 1.71 bits per heavy atom. The summed E-state index contributed by atoms with van der Waals surface area (Å²) in [6.07, 6.45) is 0. The van der Waals surface area contributed by atoms with Gasteiger partial charge in [0.2, 0.25) is 0 Å². The average molecular weight is 327 g/mol. The first-order chi connectivity index (χ1) is 11.7. The van der Waals surface area contributed by atoms with Crippen LogP contribution in [0.4, 0.5) is 0 Å². The first-order valence-electron chi connectivity index (χ1n) is 7.61. The van der Waals surface area contributed by atoms with Crippen LogP contribution in [0.15, 0.2) is 46.9 Å². The highest BCUT2D eigenvalue weighted by atomic mass is 16.5. The molecule has 0 radical (unpaired) electrons. The Morgan fingerprint density at radius 3 is 2.42 bits per heavy atom. The van der Waals surface area contributed by atoms with E-state index in [0.29, 0.717) is 35.2 Å². The SMILES string of the molecule is CCOc1cc(-c2ccc(OC)c(OC)c2)[o+]c2ccc(O)cc12. The second kappa shape index (κ2) is 6.66. The highest BCUT2D eigenvalue weighted by molar-refractivity contribution is 5.87. The van der Waals surface area contributed by atoms with E-state index in [1.807, 2.05) is 31.2 Å². The molecule has 0 amide bonds. The molecule has 0 unspecified atom stereocenters. The number of aromatic hydroxyl groups is 1. The molecule has 0 bridgehead atoms. The van der Waals surface area contributed by atoms with Gasteiger partial charge >= 0.3 is 11.3 Å². The van der Waals surface area contributed by atoms with Crippen LogP contribution in [0.25, 0.3) is 22.3 Å². The fraction of sp³-hybridized carbons (Fsp3) is 0.211. The van der Waals surface area contributed by atoms with E-state index in [0.717, 1.165) is 10.9 Å². The quantitative estimate of drug-likeness (QED) is 0.699. The predicted molar refractivity (Wildman–Crippen MR) is 92.0 cm³/mol. The molecule has 1 N–H and O–H groups in total.